The van der Waals surface area contributed by atoms with Crippen LogP contribution in [0.3, 0.4) is 0 Å². The highest BCUT2D eigenvalue weighted by Gasteiger charge is 2.44. The summed E-state index contributed by atoms with van der Waals surface area (Å²) in [6.45, 7) is 18.2. The lowest BCUT2D eigenvalue weighted by atomic mass is 9.85. The number of hydrogen-bond donors (Lipinski definition) is 6. The van der Waals surface area contributed by atoms with Crippen molar-refractivity contribution in [2.75, 3.05) is 63.2 Å². The molecule has 21 nitrogen and oxygen atoms in total. The standard InChI is InChI=1S/C61H81ClN10O11S2/c1-37(2)83-50-31-45(39(5)29-48(50)68-60-65-33-46(62)57(70-60)67-47-13-10-11-14-51(47)85(79,80)38(3)4)42-21-24-71(25-22-42)54(76)16-12-15-52(74)63-23-26-81-27-28-82-35-53(75)69-56(61(7,8)9)59(78)72-34-44(73)30-49(72)58(77)64-32-41-17-19-43(20-18-41)55-40(6)66-36-84-55/h10-11,13-14,17-20,29,31,33,36-38,42,44,49,56,73H,12,15-16,21-28,30,32,34-35H2,1-9H3,(H,63,74)(H,64,77)(H,69,75)(H2,65,67,68,70)/t44-,49+,56?/m1/s1. The summed E-state index contributed by atoms with van der Waals surface area (Å²) in [6, 6.07) is 16.5. The Kier molecular flexibility index (Phi) is 23.3. The van der Waals surface area contributed by atoms with Gasteiger partial charge >= 0.3 is 0 Å². The van der Waals surface area contributed by atoms with Gasteiger partial charge in [-0.15, -0.1) is 11.3 Å². The van der Waals surface area contributed by atoms with Gasteiger partial charge in [0.25, 0.3) is 0 Å². The van der Waals surface area contributed by atoms with Crippen LogP contribution in [0.15, 0.2) is 77.3 Å². The van der Waals surface area contributed by atoms with E-state index in [0.717, 1.165) is 45.7 Å². The predicted octanol–water partition coefficient (Wildman–Crippen LogP) is 8.16. The first-order valence-electron chi connectivity index (χ1n) is 28.8. The van der Waals surface area contributed by atoms with Crippen molar-refractivity contribution in [1.29, 1.82) is 0 Å². The molecule has 3 atom stereocenters. The van der Waals surface area contributed by atoms with Crippen molar-refractivity contribution in [2.45, 2.75) is 148 Å². The van der Waals surface area contributed by atoms with E-state index in [-0.39, 0.29) is 111 Å². The predicted molar refractivity (Wildman–Crippen MR) is 328 cm³/mol. The summed E-state index contributed by atoms with van der Waals surface area (Å²) in [5.74, 6) is -0.368. The first-order valence-corrected chi connectivity index (χ1v) is 31.7. The molecule has 2 aliphatic heterocycles. The number of nitrogens with one attached hydrogen (secondary N) is 5. The van der Waals surface area contributed by atoms with E-state index in [9.17, 15) is 37.5 Å². The minimum Gasteiger partial charge on any atom is -0.489 e. The molecule has 0 radical (unpaired) electrons. The van der Waals surface area contributed by atoms with Crippen molar-refractivity contribution in [3.63, 3.8) is 0 Å². The summed E-state index contributed by atoms with van der Waals surface area (Å²) in [5, 5.41) is 25.0. The topological polar surface area (TPSA) is 273 Å². The van der Waals surface area contributed by atoms with E-state index in [0.29, 0.717) is 36.6 Å². The molecule has 460 valence electrons. The normalized spacial score (nSPS) is 16.1. The van der Waals surface area contributed by atoms with E-state index in [1.807, 2.05) is 89.8 Å². The second-order valence-electron chi connectivity index (χ2n) is 23.1. The molecule has 0 spiro atoms. The molecule has 0 saturated carbocycles. The number of likely N-dealkylation sites (tertiary alicyclic amines) is 2. The number of aliphatic hydroxyl groups is 1. The lowest BCUT2D eigenvalue weighted by Crippen LogP contribution is -2.58. The number of thiazole rings is 1. The minimum atomic E-state index is -3.61. The molecule has 0 aliphatic carbocycles. The van der Waals surface area contributed by atoms with Crippen LogP contribution in [0.25, 0.3) is 10.4 Å². The second kappa shape index (κ2) is 30.0. The number of sulfone groups is 1. The molecule has 6 N–H and O–H groups in total. The number of hydrogen-bond acceptors (Lipinski definition) is 17. The van der Waals surface area contributed by atoms with Crippen LogP contribution in [0.5, 0.6) is 5.75 Å². The van der Waals surface area contributed by atoms with Crippen LogP contribution in [0, 0.1) is 19.3 Å². The fourth-order valence-corrected chi connectivity index (χ4v) is 12.3. The lowest BCUT2D eigenvalue weighted by molar-refractivity contribution is -0.144. The number of nitrogens with zero attached hydrogens (tertiary/aromatic N) is 5. The maximum Gasteiger partial charge on any atom is 0.246 e. The number of ether oxygens (including phenoxy) is 3. The van der Waals surface area contributed by atoms with E-state index < -0.39 is 56.4 Å². The summed E-state index contributed by atoms with van der Waals surface area (Å²) in [7, 11) is -3.61. The molecule has 5 amide bonds. The quantitative estimate of drug-likeness (QED) is 0.0271. The Bertz CT molecular complexity index is 3240. The average Bonchev–Trinajstić information content (AvgIpc) is 3.81. The van der Waals surface area contributed by atoms with Gasteiger partial charge in [0.1, 0.15) is 29.5 Å². The fraction of sp³-hybridized carbons (Fsp3) is 0.508. The maximum atomic E-state index is 14.0. The number of anilines is 4. The highest BCUT2D eigenvalue weighted by molar-refractivity contribution is 7.92. The van der Waals surface area contributed by atoms with Crippen LogP contribution in [-0.2, 0) is 49.8 Å². The van der Waals surface area contributed by atoms with Gasteiger partial charge in [0.05, 0.1) is 75.8 Å². The Morgan fingerprint density at radius 1 is 0.871 bits per heavy atom. The molecule has 2 fully saturated rings. The number of carbonyl (C=O) groups is 5. The third-order valence-electron chi connectivity index (χ3n) is 14.8. The van der Waals surface area contributed by atoms with Crippen LogP contribution in [0.1, 0.15) is 115 Å². The number of benzene rings is 3. The van der Waals surface area contributed by atoms with Gasteiger partial charge in [-0.05, 0) is 119 Å². The molecular formula is C61H81ClN10O11S2. The highest BCUT2D eigenvalue weighted by Crippen LogP contribution is 2.39. The van der Waals surface area contributed by atoms with Crippen LogP contribution in [0.2, 0.25) is 5.02 Å². The second-order valence-corrected chi connectivity index (χ2v) is 26.8. The van der Waals surface area contributed by atoms with Gasteiger partial charge in [0.2, 0.25) is 35.5 Å². The molecule has 5 aromatic rings. The van der Waals surface area contributed by atoms with Crippen molar-refractivity contribution in [3.05, 3.63) is 99.8 Å². The molecule has 24 heteroatoms. The monoisotopic (exact) mass is 1230 g/mol. The number of aryl methyl sites for hydroxylation is 2. The number of piperidine rings is 1. The number of amides is 5. The van der Waals surface area contributed by atoms with Gasteiger partial charge in [-0.25, -0.2) is 18.4 Å². The summed E-state index contributed by atoms with van der Waals surface area (Å²) < 4.78 is 43.7. The van der Waals surface area contributed by atoms with Crippen molar-refractivity contribution < 1.29 is 51.7 Å². The van der Waals surface area contributed by atoms with Crippen molar-refractivity contribution in [2.24, 2.45) is 5.41 Å². The zero-order valence-electron chi connectivity index (χ0n) is 50.0. The van der Waals surface area contributed by atoms with Gasteiger partial charge in [-0.3, -0.25) is 24.0 Å². The first kappa shape index (κ1) is 65.8. The molecule has 1 unspecified atom stereocenters. The average molecular weight is 1230 g/mol. The number of carbonyl (C=O) groups excluding carboxylic acids is 5. The van der Waals surface area contributed by atoms with Crippen LogP contribution < -0.4 is 31.3 Å². The smallest absolute Gasteiger partial charge is 0.246 e. The first-order chi connectivity index (χ1) is 40.4. The Balaban J connectivity index is 0.777. The number of aromatic nitrogens is 3. The molecule has 2 saturated heterocycles. The molecule has 2 aliphatic rings. The molecule has 2 aromatic heterocycles. The van der Waals surface area contributed by atoms with Crippen molar-refractivity contribution in [1.82, 2.24) is 40.7 Å². The van der Waals surface area contributed by atoms with Gasteiger partial charge in [0.15, 0.2) is 15.7 Å². The molecule has 0 bridgehead atoms. The van der Waals surface area contributed by atoms with Crippen molar-refractivity contribution >= 4 is 85.5 Å². The fourth-order valence-electron chi connectivity index (χ4n) is 10.1. The summed E-state index contributed by atoms with van der Waals surface area (Å²) in [6.07, 6.45) is 2.79. The Labute approximate surface area is 507 Å². The van der Waals surface area contributed by atoms with E-state index in [4.69, 9.17) is 25.8 Å². The number of para-hydroxylation sites is 1. The van der Waals surface area contributed by atoms with Crippen LogP contribution in [0.4, 0.5) is 23.1 Å². The van der Waals surface area contributed by atoms with E-state index in [1.165, 1.54) is 11.1 Å². The van der Waals surface area contributed by atoms with E-state index >= 15 is 0 Å². The molecule has 7 rings (SSSR count). The third-order valence-corrected chi connectivity index (χ3v) is 18.2. The molecular weight excluding hydrogens is 1150 g/mol. The SMILES string of the molecule is Cc1cc(Nc2ncc(Cl)c(Nc3ccccc3S(=O)(=O)C(C)C)n2)c(OC(C)C)cc1C1CCN(C(=O)CCCC(=O)NCCOCCOCC(=O)NC(C(=O)N2C[C@H](O)C[C@H]2C(=O)NCc2ccc(-c3scnc3C)cc2)C(C)(C)C)CC1. The number of β-amino-alcohol motifs (C(OH)–C–C–N with tert-alkyl or cyclic N) is 1. The number of aliphatic hydroxyl groups excluding tert-OH is 1. The third kappa shape index (κ3) is 18.1. The van der Waals surface area contributed by atoms with E-state index in [1.54, 1.807) is 55.0 Å². The molecule has 4 heterocycles. The number of rotatable bonds is 27. The Hall–Kier alpha value is -6.76. The summed E-state index contributed by atoms with van der Waals surface area (Å²) in [4.78, 5) is 84.2. The van der Waals surface area contributed by atoms with Gasteiger partial charge < -0.3 is 55.7 Å². The minimum absolute atomic E-state index is 0.00254. The largest absolute Gasteiger partial charge is 0.489 e. The summed E-state index contributed by atoms with van der Waals surface area (Å²) in [5.41, 5.74) is 7.04. The Morgan fingerprint density at radius 2 is 1.59 bits per heavy atom. The number of halogens is 1. The zero-order chi connectivity index (χ0) is 61.6. The Morgan fingerprint density at radius 3 is 2.27 bits per heavy atom. The molecule has 3 aromatic carbocycles. The van der Waals surface area contributed by atoms with Gasteiger partial charge in [-0.1, -0.05) is 68.8 Å². The highest BCUT2D eigenvalue weighted by atomic mass is 35.5. The van der Waals surface area contributed by atoms with E-state index in [2.05, 4.69) is 41.5 Å². The zero-order valence-corrected chi connectivity index (χ0v) is 52.3. The molecule has 85 heavy (non-hydrogen) atoms. The maximum absolute atomic E-state index is 14.0. The lowest BCUT2D eigenvalue weighted by Gasteiger charge is -2.35. The van der Waals surface area contributed by atoms with Gasteiger partial charge in [0, 0.05) is 52.0 Å². The van der Waals surface area contributed by atoms with Crippen LogP contribution >= 0.6 is 22.9 Å². The van der Waals surface area contributed by atoms with Crippen molar-refractivity contribution in [3.8, 4) is 16.2 Å². The van der Waals surface area contributed by atoms with Gasteiger partial charge in [-0.2, -0.15) is 4.98 Å². The van der Waals surface area contributed by atoms with Crippen LogP contribution in [-0.4, -0.2) is 150 Å². The summed E-state index contributed by atoms with van der Waals surface area (Å²) >= 11 is 8.08.